The number of nitrogens with zero attached hydrogens (tertiary/aromatic N) is 1. The van der Waals surface area contributed by atoms with Crippen LogP contribution in [0.15, 0.2) is 54.6 Å². The number of hydrogen-bond acceptors (Lipinski definition) is 3. The number of piperidine rings is 1. The van der Waals surface area contributed by atoms with Crippen LogP contribution in [0.1, 0.15) is 23.5 Å². The molecule has 1 fully saturated rings. The molecule has 0 bridgehead atoms. The highest BCUT2D eigenvalue weighted by Gasteiger charge is 2.28. The fourth-order valence-corrected chi connectivity index (χ4v) is 3.09. The van der Waals surface area contributed by atoms with Gasteiger partial charge in [-0.2, -0.15) is 0 Å². The van der Waals surface area contributed by atoms with Crippen molar-refractivity contribution < 1.29 is 10.2 Å². The van der Waals surface area contributed by atoms with Crippen LogP contribution in [0.3, 0.4) is 0 Å². The van der Waals surface area contributed by atoms with E-state index in [9.17, 15) is 10.2 Å². The van der Waals surface area contributed by atoms with Crippen LogP contribution >= 0.6 is 0 Å². The predicted octanol–water partition coefficient (Wildman–Crippen LogP) is 2.74. The molecule has 2 atom stereocenters. The lowest BCUT2D eigenvalue weighted by molar-refractivity contribution is 0.0476. The molecule has 110 valence electrons. The van der Waals surface area contributed by atoms with Crippen LogP contribution in [0.25, 0.3) is 0 Å². The highest BCUT2D eigenvalue weighted by atomic mass is 16.3. The van der Waals surface area contributed by atoms with Crippen molar-refractivity contribution in [1.29, 1.82) is 0 Å². The summed E-state index contributed by atoms with van der Waals surface area (Å²) in [6.45, 7) is 2.57. The van der Waals surface area contributed by atoms with Crippen molar-refractivity contribution in [3.8, 4) is 5.75 Å². The summed E-state index contributed by atoms with van der Waals surface area (Å²) in [4.78, 5) is 2.30. The van der Waals surface area contributed by atoms with Gasteiger partial charge in [-0.25, -0.2) is 0 Å². The largest absolute Gasteiger partial charge is 0.508 e. The first-order valence-electron chi connectivity index (χ1n) is 7.45. The molecule has 1 aliphatic rings. The quantitative estimate of drug-likeness (QED) is 0.910. The van der Waals surface area contributed by atoms with E-state index in [0.717, 1.165) is 25.1 Å². The van der Waals surface area contributed by atoms with Gasteiger partial charge in [0, 0.05) is 19.0 Å². The van der Waals surface area contributed by atoms with Crippen LogP contribution in [-0.4, -0.2) is 34.3 Å². The molecule has 0 aromatic heterocycles. The van der Waals surface area contributed by atoms with Gasteiger partial charge in [-0.05, 0) is 36.2 Å². The summed E-state index contributed by atoms with van der Waals surface area (Å²) in [5, 5.41) is 19.8. The molecule has 0 spiro atoms. The van der Waals surface area contributed by atoms with Gasteiger partial charge in [0.15, 0.2) is 0 Å². The summed E-state index contributed by atoms with van der Waals surface area (Å²) >= 11 is 0. The van der Waals surface area contributed by atoms with Crippen LogP contribution < -0.4 is 0 Å². The SMILES string of the molecule is Oc1ccc(C2CCN(Cc3ccccc3)CC2O)cc1. The molecule has 0 radical (unpaired) electrons. The Balaban J connectivity index is 1.63. The van der Waals surface area contributed by atoms with Crippen LogP contribution in [0, 0.1) is 0 Å². The maximum Gasteiger partial charge on any atom is 0.115 e. The maximum absolute atomic E-state index is 10.4. The maximum atomic E-state index is 10.4. The Morgan fingerprint density at radius 2 is 1.71 bits per heavy atom. The molecular formula is C18H21NO2. The summed E-state index contributed by atoms with van der Waals surface area (Å²) < 4.78 is 0. The molecule has 2 aromatic rings. The zero-order chi connectivity index (χ0) is 14.7. The molecule has 1 saturated heterocycles. The van der Waals surface area contributed by atoms with Gasteiger partial charge in [-0.15, -0.1) is 0 Å². The number of rotatable bonds is 3. The Bertz CT molecular complexity index is 568. The zero-order valence-corrected chi connectivity index (χ0v) is 12.0. The number of aliphatic hydroxyl groups is 1. The van der Waals surface area contributed by atoms with E-state index in [1.165, 1.54) is 5.56 Å². The smallest absolute Gasteiger partial charge is 0.115 e. The first kappa shape index (κ1) is 14.1. The third kappa shape index (κ3) is 3.43. The summed E-state index contributed by atoms with van der Waals surface area (Å²) in [5.41, 5.74) is 2.40. The zero-order valence-electron chi connectivity index (χ0n) is 12.0. The topological polar surface area (TPSA) is 43.7 Å². The lowest BCUT2D eigenvalue weighted by Gasteiger charge is -2.36. The Morgan fingerprint density at radius 1 is 1.00 bits per heavy atom. The van der Waals surface area contributed by atoms with E-state index < -0.39 is 0 Å². The number of phenolic OH excluding ortho intramolecular Hbond substituents is 1. The average molecular weight is 283 g/mol. The Kier molecular flexibility index (Phi) is 4.23. The molecule has 2 unspecified atom stereocenters. The van der Waals surface area contributed by atoms with E-state index in [-0.39, 0.29) is 17.8 Å². The van der Waals surface area contributed by atoms with Crippen molar-refractivity contribution in [2.75, 3.05) is 13.1 Å². The van der Waals surface area contributed by atoms with Crippen molar-refractivity contribution >= 4 is 0 Å². The van der Waals surface area contributed by atoms with E-state index in [4.69, 9.17) is 0 Å². The molecule has 0 amide bonds. The summed E-state index contributed by atoms with van der Waals surface area (Å²) in [6, 6.07) is 17.6. The second-order valence-electron chi connectivity index (χ2n) is 5.77. The van der Waals surface area contributed by atoms with Gasteiger partial charge in [0.1, 0.15) is 5.75 Å². The van der Waals surface area contributed by atoms with Crippen molar-refractivity contribution in [2.45, 2.75) is 25.0 Å². The number of hydrogen-bond donors (Lipinski definition) is 2. The van der Waals surface area contributed by atoms with E-state index in [1.54, 1.807) is 12.1 Å². The minimum atomic E-state index is -0.355. The van der Waals surface area contributed by atoms with Crippen molar-refractivity contribution in [1.82, 2.24) is 4.90 Å². The first-order chi connectivity index (χ1) is 10.2. The number of aromatic hydroxyl groups is 1. The van der Waals surface area contributed by atoms with E-state index >= 15 is 0 Å². The Morgan fingerprint density at radius 3 is 2.38 bits per heavy atom. The third-order valence-corrected chi connectivity index (χ3v) is 4.24. The molecule has 2 aromatic carbocycles. The van der Waals surface area contributed by atoms with Crippen LogP contribution in [-0.2, 0) is 6.54 Å². The van der Waals surface area contributed by atoms with Gasteiger partial charge in [-0.1, -0.05) is 42.5 Å². The number of β-amino-alcohol motifs (C(OH)–C–C–N with tert-alkyl or cyclic N) is 1. The van der Waals surface area contributed by atoms with Crippen molar-refractivity contribution in [2.24, 2.45) is 0 Å². The van der Waals surface area contributed by atoms with Crippen molar-refractivity contribution in [3.05, 3.63) is 65.7 Å². The van der Waals surface area contributed by atoms with E-state index in [2.05, 4.69) is 29.2 Å². The van der Waals surface area contributed by atoms with Gasteiger partial charge in [-0.3, -0.25) is 4.90 Å². The van der Waals surface area contributed by atoms with Gasteiger partial charge in [0.05, 0.1) is 6.10 Å². The molecule has 1 aliphatic heterocycles. The minimum absolute atomic E-state index is 0.164. The number of benzene rings is 2. The van der Waals surface area contributed by atoms with E-state index in [1.807, 2.05) is 18.2 Å². The Hall–Kier alpha value is -1.84. The lowest BCUT2D eigenvalue weighted by Crippen LogP contribution is -2.42. The number of phenols is 1. The molecule has 2 N–H and O–H groups in total. The number of likely N-dealkylation sites (tertiary alicyclic amines) is 1. The molecule has 3 rings (SSSR count). The lowest BCUT2D eigenvalue weighted by atomic mass is 9.87. The van der Waals surface area contributed by atoms with Gasteiger partial charge in [0.25, 0.3) is 0 Å². The summed E-state index contributed by atoms with van der Waals surface area (Å²) in [6.07, 6.45) is 0.589. The third-order valence-electron chi connectivity index (χ3n) is 4.24. The van der Waals surface area contributed by atoms with E-state index in [0.29, 0.717) is 6.54 Å². The normalized spacial score (nSPS) is 23.1. The monoisotopic (exact) mass is 283 g/mol. The highest BCUT2D eigenvalue weighted by Crippen LogP contribution is 2.30. The van der Waals surface area contributed by atoms with Gasteiger partial charge >= 0.3 is 0 Å². The van der Waals surface area contributed by atoms with Crippen LogP contribution in [0.5, 0.6) is 5.75 Å². The summed E-state index contributed by atoms with van der Waals surface area (Å²) in [5.74, 6) is 0.437. The van der Waals surface area contributed by atoms with Gasteiger partial charge in [0.2, 0.25) is 0 Å². The molecule has 3 nitrogen and oxygen atoms in total. The average Bonchev–Trinajstić information content (AvgIpc) is 2.50. The predicted molar refractivity (Wildman–Crippen MR) is 83.2 cm³/mol. The molecule has 3 heteroatoms. The fraction of sp³-hybridized carbons (Fsp3) is 0.333. The number of aliphatic hydroxyl groups excluding tert-OH is 1. The fourth-order valence-electron chi connectivity index (χ4n) is 3.09. The molecule has 1 heterocycles. The van der Waals surface area contributed by atoms with Gasteiger partial charge < -0.3 is 10.2 Å². The molecular weight excluding hydrogens is 262 g/mol. The van der Waals surface area contributed by atoms with Crippen LogP contribution in [0.4, 0.5) is 0 Å². The molecule has 21 heavy (non-hydrogen) atoms. The van der Waals surface area contributed by atoms with Crippen molar-refractivity contribution in [3.63, 3.8) is 0 Å². The highest BCUT2D eigenvalue weighted by molar-refractivity contribution is 5.29. The first-order valence-corrected chi connectivity index (χ1v) is 7.45. The molecule has 0 aliphatic carbocycles. The second-order valence-corrected chi connectivity index (χ2v) is 5.77. The Labute approximate surface area is 125 Å². The minimum Gasteiger partial charge on any atom is -0.508 e. The second kappa shape index (κ2) is 6.29. The standard InChI is InChI=1S/C18H21NO2/c20-16-8-6-15(7-9-16)17-10-11-19(13-18(17)21)12-14-4-2-1-3-5-14/h1-9,17-18,20-21H,10-13H2. The van der Waals surface area contributed by atoms with Crippen LogP contribution in [0.2, 0.25) is 0 Å². The molecule has 0 saturated carbocycles. The summed E-state index contributed by atoms with van der Waals surface area (Å²) in [7, 11) is 0.